The third-order valence-electron chi connectivity index (χ3n) is 8.58. The summed E-state index contributed by atoms with van der Waals surface area (Å²) in [5.74, 6) is 1.28. The van der Waals surface area contributed by atoms with Crippen molar-refractivity contribution in [1.29, 1.82) is 0 Å². The van der Waals surface area contributed by atoms with Crippen LogP contribution in [0, 0.1) is 5.92 Å². The Balaban J connectivity index is -0.000000889. The Morgan fingerprint density at radius 3 is 1.82 bits per heavy atom. The monoisotopic (exact) mass is 727 g/mol. The van der Waals surface area contributed by atoms with Gasteiger partial charge in [0.2, 0.25) is 23.8 Å². The van der Waals surface area contributed by atoms with Crippen molar-refractivity contribution < 1.29 is 20.4 Å². The zero-order chi connectivity index (χ0) is 31.6. The number of unbranched alkanes of at least 4 members (excludes halogenated alkanes) is 1. The Morgan fingerprint density at radius 1 is 0.780 bits per heavy atom. The molecule has 15 nitrogen and oxygen atoms in total. The lowest BCUT2D eigenvalue weighted by atomic mass is 9.98. The van der Waals surface area contributed by atoms with Gasteiger partial charge in [0, 0.05) is 60.8 Å². The number of carbonyl (C=O) groups is 2. The first kappa shape index (κ1) is 45.7. The van der Waals surface area contributed by atoms with Gasteiger partial charge >= 0.3 is 0 Å². The summed E-state index contributed by atoms with van der Waals surface area (Å²) >= 11 is 0. The largest absolute Gasteiger partial charge is 0.506 e. The molecular formula is C34H67ClN12O3. The maximum atomic E-state index is 13.0. The number of halogens is 1. The number of amides is 2. The van der Waals surface area contributed by atoms with Crippen molar-refractivity contribution in [2.24, 2.45) is 5.92 Å². The molecule has 2 fully saturated rings. The molecule has 0 aliphatic carbocycles. The molecule has 1 unspecified atom stereocenters. The molecule has 16 N–H and O–H groups in total. The summed E-state index contributed by atoms with van der Waals surface area (Å²) in [6, 6.07) is 11.8. The average Bonchev–Trinajstić information content (AvgIpc) is 3.07. The van der Waals surface area contributed by atoms with E-state index in [-0.39, 0.29) is 71.9 Å². The minimum absolute atomic E-state index is 0. The Hall–Kier alpha value is -4.28. The zero-order valence-corrected chi connectivity index (χ0v) is 30.6. The fourth-order valence-electron chi connectivity index (χ4n) is 5.84. The van der Waals surface area contributed by atoms with E-state index in [2.05, 4.69) is 32.7 Å². The molecule has 5 rings (SSSR count). The molecule has 0 bridgehead atoms. The van der Waals surface area contributed by atoms with Crippen LogP contribution in [0.2, 0.25) is 0 Å². The number of piperidine rings is 2. The van der Waals surface area contributed by atoms with Crippen molar-refractivity contribution in [3.8, 4) is 5.75 Å². The molecule has 0 saturated carbocycles. The van der Waals surface area contributed by atoms with Gasteiger partial charge in [-0.25, -0.2) is 0 Å². The van der Waals surface area contributed by atoms with Crippen LogP contribution in [-0.2, 0) is 4.79 Å². The first-order valence-electron chi connectivity index (χ1n) is 16.5. The molecule has 2 saturated heterocycles. The van der Waals surface area contributed by atoms with Crippen molar-refractivity contribution in [1.82, 2.24) is 39.6 Å². The second kappa shape index (κ2) is 22.4. The second-order valence-electron chi connectivity index (χ2n) is 12.0. The second-order valence-corrected chi connectivity index (χ2v) is 12.0. The van der Waals surface area contributed by atoms with Gasteiger partial charge in [0.1, 0.15) is 5.75 Å². The number of nitrogens with one attached hydrogen (secondary N) is 3. The highest BCUT2D eigenvalue weighted by molar-refractivity contribution is 6.05. The van der Waals surface area contributed by atoms with E-state index < -0.39 is 0 Å². The van der Waals surface area contributed by atoms with E-state index in [9.17, 15) is 14.7 Å². The molecule has 0 radical (unpaired) electrons. The number of carbonyl (C=O) groups excluding carboxylic acids is 2. The lowest BCUT2D eigenvalue weighted by molar-refractivity contribution is -0.120. The normalized spacial score (nSPS) is 14.2. The van der Waals surface area contributed by atoms with Crippen LogP contribution in [0.4, 0.5) is 34.9 Å². The van der Waals surface area contributed by atoms with Gasteiger partial charge in [-0.05, 0) is 87.8 Å². The van der Waals surface area contributed by atoms with Crippen LogP contribution in [0.5, 0.6) is 5.75 Å². The first-order valence-corrected chi connectivity index (χ1v) is 16.5. The molecule has 288 valence electrons. The minimum atomic E-state index is -0.362. The minimum Gasteiger partial charge on any atom is -0.506 e. The SMILES string of the molecule is CCCCC(CC)C(=O)Nc1ccc(NC(=O)c2ccc(Nc3nc(N4CCCCC4)nc(N4CCCCC4)n3)cc2)c(O)c1.Cl.N.N.N.N.[HH].[HH].[HH].[HH]. The number of aromatic nitrogens is 3. The molecule has 1 aromatic heterocycles. The third kappa shape index (κ3) is 12.2. The summed E-state index contributed by atoms with van der Waals surface area (Å²) in [6.45, 7) is 7.88. The number of anilines is 6. The van der Waals surface area contributed by atoms with Crippen LogP contribution in [0.3, 0.4) is 0 Å². The predicted octanol–water partition coefficient (Wildman–Crippen LogP) is 8.76. The first-order chi connectivity index (χ1) is 21.9. The number of benzene rings is 2. The summed E-state index contributed by atoms with van der Waals surface area (Å²) in [5.41, 5.74) is 1.93. The fourth-order valence-corrected chi connectivity index (χ4v) is 5.84. The van der Waals surface area contributed by atoms with Gasteiger partial charge in [-0.1, -0.05) is 26.7 Å². The number of phenols is 1. The predicted molar refractivity (Wildman–Crippen MR) is 215 cm³/mol. The van der Waals surface area contributed by atoms with Gasteiger partial charge < -0.3 is 55.5 Å². The number of phenolic OH excluding ortho intramolecular Hbond substituents is 1. The van der Waals surface area contributed by atoms with Gasteiger partial charge in [0.05, 0.1) is 5.69 Å². The summed E-state index contributed by atoms with van der Waals surface area (Å²) in [4.78, 5) is 44.5. The molecule has 2 aliphatic rings. The number of hydrogen-bond donors (Lipinski definition) is 8. The van der Waals surface area contributed by atoms with E-state index in [0.717, 1.165) is 83.2 Å². The van der Waals surface area contributed by atoms with Crippen LogP contribution in [-0.4, -0.2) is 58.1 Å². The summed E-state index contributed by atoms with van der Waals surface area (Å²) in [7, 11) is 0. The van der Waals surface area contributed by atoms with Gasteiger partial charge in [-0.3, -0.25) is 9.59 Å². The summed E-state index contributed by atoms with van der Waals surface area (Å²) in [5, 5.41) is 19.5. The Kier molecular flexibility index (Phi) is 20.5. The van der Waals surface area contributed by atoms with Crippen molar-refractivity contribution in [2.45, 2.75) is 78.1 Å². The van der Waals surface area contributed by atoms with Crippen LogP contribution in [0.15, 0.2) is 42.5 Å². The Morgan fingerprint density at radius 2 is 1.32 bits per heavy atom. The van der Waals surface area contributed by atoms with Crippen LogP contribution in [0.25, 0.3) is 0 Å². The number of hydrogen-bond acceptors (Lipinski definition) is 13. The quantitative estimate of drug-likeness (QED) is 0.0811. The molecule has 16 heteroatoms. The van der Waals surface area contributed by atoms with E-state index >= 15 is 0 Å². The van der Waals surface area contributed by atoms with Gasteiger partial charge in [0.25, 0.3) is 5.91 Å². The maximum absolute atomic E-state index is 13.0. The summed E-state index contributed by atoms with van der Waals surface area (Å²) < 4.78 is 0. The third-order valence-corrected chi connectivity index (χ3v) is 8.58. The van der Waals surface area contributed by atoms with Crippen molar-refractivity contribution in [3.05, 3.63) is 48.0 Å². The topological polar surface area (TPSA) is 276 Å². The molecule has 3 aromatic rings. The highest BCUT2D eigenvalue weighted by Gasteiger charge is 2.21. The molecule has 3 heterocycles. The lowest BCUT2D eigenvalue weighted by Gasteiger charge is -2.30. The maximum Gasteiger partial charge on any atom is 0.255 e. The molecular weight excluding hydrogens is 660 g/mol. The van der Waals surface area contributed by atoms with Crippen molar-refractivity contribution in [3.63, 3.8) is 0 Å². The van der Waals surface area contributed by atoms with E-state index in [1.807, 2.05) is 6.92 Å². The smallest absolute Gasteiger partial charge is 0.255 e. The Bertz CT molecular complexity index is 1440. The van der Waals surface area contributed by atoms with Crippen LogP contribution in [0.1, 0.15) is 94.1 Å². The van der Waals surface area contributed by atoms with Gasteiger partial charge in [-0.15, -0.1) is 12.4 Å². The molecule has 50 heavy (non-hydrogen) atoms. The number of aromatic hydroxyl groups is 1. The van der Waals surface area contributed by atoms with E-state index in [4.69, 9.17) is 15.0 Å². The standard InChI is InChI=1S/C34H46N8O3.ClH.4H3N.4H2/c1-3-5-12-24(4-2)30(44)35-27-17-18-28(29(43)23-27)37-31(45)25-13-15-26(16-14-25)36-32-38-33(41-19-8-6-9-20-41)40-34(39-32)42-21-10-7-11-22-42;;;;;;;;;/h13-18,23-24,43H,3-12,19-22H2,1-2H3,(H,35,44)(H,37,45)(H,36,38,39,40);1H;4*1H3;4*1H. The number of nitrogens with zero attached hydrogens (tertiary/aromatic N) is 5. The van der Waals surface area contributed by atoms with E-state index in [1.54, 1.807) is 36.4 Å². The van der Waals surface area contributed by atoms with E-state index in [1.165, 1.54) is 18.9 Å². The van der Waals surface area contributed by atoms with Gasteiger partial charge in [-0.2, -0.15) is 15.0 Å². The molecule has 1 atom stereocenters. The number of rotatable bonds is 12. The average molecular weight is 727 g/mol. The fraction of sp³-hybridized carbons (Fsp3) is 0.500. The Labute approximate surface area is 308 Å². The highest BCUT2D eigenvalue weighted by atomic mass is 35.5. The van der Waals surface area contributed by atoms with Crippen LogP contribution >= 0.6 is 12.4 Å². The van der Waals surface area contributed by atoms with E-state index in [0.29, 0.717) is 29.1 Å². The molecule has 2 aliphatic heterocycles. The van der Waals surface area contributed by atoms with Crippen LogP contribution < -0.4 is 50.4 Å². The highest BCUT2D eigenvalue weighted by Crippen LogP contribution is 2.29. The zero-order valence-electron chi connectivity index (χ0n) is 29.8. The molecule has 2 aromatic carbocycles. The van der Waals surface area contributed by atoms with Crippen molar-refractivity contribution in [2.75, 3.05) is 51.9 Å². The molecule has 2 amide bonds. The van der Waals surface area contributed by atoms with Gasteiger partial charge in [0.15, 0.2) is 0 Å². The molecule has 0 spiro atoms. The van der Waals surface area contributed by atoms with Crippen molar-refractivity contribution >= 4 is 59.1 Å². The summed E-state index contributed by atoms with van der Waals surface area (Å²) in [6.07, 6.45) is 10.6. The lowest BCUT2D eigenvalue weighted by Crippen LogP contribution is -2.34.